The van der Waals surface area contributed by atoms with E-state index in [1.165, 1.54) is 0 Å². The van der Waals surface area contributed by atoms with Crippen LogP contribution in [0.25, 0.3) is 0 Å². The molecule has 0 bridgehead atoms. The molecule has 4 nitrogen and oxygen atoms in total. The molecule has 0 aliphatic heterocycles. The minimum atomic E-state index is -1.16. The van der Waals surface area contributed by atoms with Gasteiger partial charge in [0.05, 0.1) is 46.5 Å². The Hall–Kier alpha value is -4.30. The van der Waals surface area contributed by atoms with Crippen LogP contribution in [0.2, 0.25) is 0 Å². The fraction of sp³-hybridized carbons (Fsp3) is 0.0345. The van der Waals surface area contributed by atoms with Crippen molar-refractivity contribution < 1.29 is 0 Å². The van der Waals surface area contributed by atoms with Crippen LogP contribution in [0.1, 0.15) is 22.3 Å². The van der Waals surface area contributed by atoms with E-state index in [9.17, 15) is 21.0 Å². The standard InChI is InChI=1S/C29H18N4P2/c30-17-22-9-1-5-13-26(22)34(27-14-6-2-10-23(27)18-31)21-35(28-15-7-3-11-24(28)19-32)29-16-8-4-12-25(29)20-33/h1-16H,21H2. The Kier molecular flexibility index (Phi) is 7.64. The van der Waals surface area contributed by atoms with Gasteiger partial charge in [0.1, 0.15) is 0 Å². The summed E-state index contributed by atoms with van der Waals surface area (Å²) >= 11 is 0. The third-order valence-corrected chi connectivity index (χ3v) is 11.7. The smallest absolute Gasteiger partial charge is 0.0998 e. The molecule has 0 fully saturated rings. The zero-order valence-corrected chi connectivity index (χ0v) is 20.4. The number of nitrogens with zero attached hydrogens (tertiary/aromatic N) is 4. The molecule has 0 radical (unpaired) electrons. The van der Waals surface area contributed by atoms with Gasteiger partial charge < -0.3 is 0 Å². The van der Waals surface area contributed by atoms with E-state index >= 15 is 0 Å². The molecule has 0 N–H and O–H groups in total. The van der Waals surface area contributed by atoms with Crippen molar-refractivity contribution in [1.29, 1.82) is 21.0 Å². The van der Waals surface area contributed by atoms with Crippen LogP contribution in [0.4, 0.5) is 0 Å². The number of rotatable bonds is 6. The summed E-state index contributed by atoms with van der Waals surface area (Å²) in [5, 5.41) is 43.1. The molecule has 6 heteroatoms. The molecule has 35 heavy (non-hydrogen) atoms. The highest BCUT2D eigenvalue weighted by molar-refractivity contribution is 7.88. The largest absolute Gasteiger partial charge is 0.192 e. The van der Waals surface area contributed by atoms with E-state index < -0.39 is 15.8 Å². The fourth-order valence-corrected chi connectivity index (χ4v) is 10.7. The molecule has 4 aromatic rings. The van der Waals surface area contributed by atoms with Gasteiger partial charge in [-0.15, -0.1) is 0 Å². The van der Waals surface area contributed by atoms with Gasteiger partial charge in [0.2, 0.25) is 0 Å². The highest BCUT2D eigenvalue weighted by Gasteiger charge is 2.28. The predicted octanol–water partition coefficient (Wildman–Crippen LogP) is 4.70. The Balaban J connectivity index is 1.99. The van der Waals surface area contributed by atoms with Crippen LogP contribution in [0.15, 0.2) is 97.1 Å². The molecule has 164 valence electrons. The van der Waals surface area contributed by atoms with Gasteiger partial charge in [-0.25, -0.2) is 0 Å². The van der Waals surface area contributed by atoms with E-state index in [0.29, 0.717) is 28.2 Å². The van der Waals surface area contributed by atoms with E-state index in [1.807, 2.05) is 72.8 Å². The summed E-state index contributed by atoms with van der Waals surface area (Å²) in [5.41, 5.74) is 2.29. The van der Waals surface area contributed by atoms with Gasteiger partial charge in [0.25, 0.3) is 0 Å². The topological polar surface area (TPSA) is 95.2 Å². The van der Waals surface area contributed by atoms with Crippen molar-refractivity contribution >= 4 is 37.1 Å². The van der Waals surface area contributed by atoms with Gasteiger partial charge in [-0.2, -0.15) is 21.0 Å². The third-order valence-electron chi connectivity index (χ3n) is 5.54. The fourth-order valence-electron chi connectivity index (χ4n) is 3.92. The highest BCUT2D eigenvalue weighted by atomic mass is 31.2. The first kappa shape index (κ1) is 23.8. The summed E-state index contributed by atoms with van der Waals surface area (Å²) < 4.78 is 0. The molecule has 0 heterocycles. The highest BCUT2D eigenvalue weighted by Crippen LogP contribution is 2.50. The lowest BCUT2D eigenvalue weighted by Crippen LogP contribution is -2.24. The summed E-state index contributed by atoms with van der Waals surface area (Å²) in [7, 11) is -2.32. The molecule has 0 atom stereocenters. The number of hydrogen-bond acceptors (Lipinski definition) is 4. The Morgan fingerprint density at radius 2 is 0.629 bits per heavy atom. The van der Waals surface area contributed by atoms with Crippen molar-refractivity contribution in [3.05, 3.63) is 119 Å². The molecular weight excluding hydrogens is 466 g/mol. The minimum Gasteiger partial charge on any atom is -0.192 e. The Morgan fingerprint density at radius 1 is 0.400 bits per heavy atom. The zero-order valence-electron chi connectivity index (χ0n) is 18.6. The lowest BCUT2D eigenvalue weighted by atomic mass is 10.2. The molecule has 0 saturated heterocycles. The second-order valence-electron chi connectivity index (χ2n) is 7.51. The molecule has 4 rings (SSSR count). The van der Waals surface area contributed by atoms with Crippen LogP contribution < -0.4 is 21.2 Å². The second-order valence-corrected chi connectivity index (χ2v) is 12.3. The zero-order chi connectivity index (χ0) is 24.6. The molecule has 0 aliphatic carbocycles. The van der Waals surface area contributed by atoms with E-state index in [2.05, 4.69) is 24.3 Å². The quantitative estimate of drug-likeness (QED) is 0.371. The van der Waals surface area contributed by atoms with Crippen molar-refractivity contribution in [1.82, 2.24) is 0 Å². The molecule has 4 aromatic carbocycles. The van der Waals surface area contributed by atoms with E-state index in [1.54, 1.807) is 24.3 Å². The summed E-state index contributed by atoms with van der Waals surface area (Å²) in [6.45, 7) is 0. The summed E-state index contributed by atoms with van der Waals surface area (Å²) in [6, 6.07) is 39.3. The summed E-state index contributed by atoms with van der Waals surface area (Å²) in [6.07, 6.45) is 0. The van der Waals surface area contributed by atoms with Crippen molar-refractivity contribution in [2.24, 2.45) is 0 Å². The van der Waals surface area contributed by atoms with E-state index in [0.717, 1.165) is 21.2 Å². The first-order valence-electron chi connectivity index (χ1n) is 10.7. The number of benzene rings is 4. The second kappa shape index (κ2) is 11.2. The molecule has 0 unspecified atom stereocenters. The maximum Gasteiger partial charge on any atom is 0.0998 e. The van der Waals surface area contributed by atoms with Crippen LogP contribution in [0.5, 0.6) is 0 Å². The van der Waals surface area contributed by atoms with Gasteiger partial charge in [-0.3, -0.25) is 0 Å². The maximum atomic E-state index is 9.89. The molecule has 0 spiro atoms. The molecule has 0 aromatic heterocycles. The first-order chi connectivity index (χ1) is 17.2. The van der Waals surface area contributed by atoms with Crippen molar-refractivity contribution in [3.8, 4) is 24.3 Å². The first-order valence-corrected chi connectivity index (χ1v) is 13.8. The van der Waals surface area contributed by atoms with Crippen LogP contribution in [0, 0.1) is 45.3 Å². The van der Waals surface area contributed by atoms with Crippen molar-refractivity contribution in [3.63, 3.8) is 0 Å². The van der Waals surface area contributed by atoms with Gasteiger partial charge in [0.15, 0.2) is 0 Å². The summed E-state index contributed by atoms with van der Waals surface area (Å²) in [4.78, 5) is 0. The average Bonchev–Trinajstić information content (AvgIpc) is 2.94. The van der Waals surface area contributed by atoms with E-state index in [4.69, 9.17) is 0 Å². The van der Waals surface area contributed by atoms with Gasteiger partial charge in [-0.05, 0) is 61.3 Å². The van der Waals surface area contributed by atoms with Gasteiger partial charge in [-0.1, -0.05) is 72.8 Å². The van der Waals surface area contributed by atoms with Crippen molar-refractivity contribution in [2.75, 3.05) is 5.90 Å². The average molecular weight is 484 g/mol. The summed E-state index contributed by atoms with van der Waals surface area (Å²) in [5.74, 6) is 0.597. The van der Waals surface area contributed by atoms with Crippen LogP contribution in [-0.2, 0) is 0 Å². The van der Waals surface area contributed by atoms with Crippen LogP contribution in [0.3, 0.4) is 0 Å². The SMILES string of the molecule is N#Cc1ccccc1P(CP(c1ccccc1C#N)c1ccccc1C#N)c1ccccc1C#N. The van der Waals surface area contributed by atoms with Crippen LogP contribution >= 0.6 is 15.8 Å². The third kappa shape index (κ3) is 4.97. The Bertz CT molecular complexity index is 1320. The van der Waals surface area contributed by atoms with E-state index in [-0.39, 0.29) is 0 Å². The maximum absolute atomic E-state index is 9.89. The molecular formula is C29H18N4P2. The molecule has 0 aliphatic rings. The minimum absolute atomic E-state index is 0.573. The van der Waals surface area contributed by atoms with Crippen molar-refractivity contribution in [2.45, 2.75) is 0 Å². The Morgan fingerprint density at radius 3 is 0.857 bits per heavy atom. The lowest BCUT2D eigenvalue weighted by molar-refractivity contribution is 1.49. The predicted molar refractivity (Wildman–Crippen MR) is 142 cm³/mol. The number of nitriles is 4. The van der Waals surface area contributed by atoms with Gasteiger partial charge in [0, 0.05) is 5.90 Å². The molecule has 0 amide bonds. The number of hydrogen-bond donors (Lipinski definition) is 0. The monoisotopic (exact) mass is 484 g/mol. The molecule has 0 saturated carbocycles. The van der Waals surface area contributed by atoms with Gasteiger partial charge >= 0.3 is 0 Å². The van der Waals surface area contributed by atoms with Crippen LogP contribution in [-0.4, -0.2) is 5.90 Å². The normalized spacial score (nSPS) is 10.2. The lowest BCUT2D eigenvalue weighted by Gasteiger charge is -2.28. The Labute approximate surface area is 207 Å².